The van der Waals surface area contributed by atoms with Gasteiger partial charge in [-0.05, 0) is 44.4 Å². The molecule has 0 saturated heterocycles. The number of sulfone groups is 1. The maximum absolute atomic E-state index is 12.3. The van der Waals surface area contributed by atoms with E-state index in [4.69, 9.17) is 0 Å². The van der Waals surface area contributed by atoms with E-state index in [2.05, 4.69) is 10.6 Å². The molecule has 2 rings (SSSR count). The number of nitrogens with one attached hydrogen (secondary N) is 2. The summed E-state index contributed by atoms with van der Waals surface area (Å²) in [5.74, 6) is -0.501. The van der Waals surface area contributed by atoms with E-state index in [0.29, 0.717) is 5.69 Å². The minimum atomic E-state index is -3.47. The van der Waals surface area contributed by atoms with Gasteiger partial charge in [0, 0.05) is 24.2 Å². The zero-order valence-corrected chi connectivity index (χ0v) is 12.8. The fourth-order valence-corrected chi connectivity index (χ4v) is 2.46. The lowest BCUT2D eigenvalue weighted by atomic mass is 10.0. The van der Waals surface area contributed by atoms with E-state index < -0.39 is 20.5 Å². The van der Waals surface area contributed by atoms with Crippen molar-refractivity contribution >= 4 is 27.1 Å². The zero-order valence-electron chi connectivity index (χ0n) is 12.0. The Morgan fingerprint density at radius 2 is 2.05 bits per heavy atom. The Bertz CT molecular complexity index is 636. The second-order valence-corrected chi connectivity index (χ2v) is 8.16. The minimum absolute atomic E-state index is 0.501. The van der Waals surface area contributed by atoms with E-state index in [0.717, 1.165) is 36.9 Å². The standard InChI is InChI=1S/C14H20N2O3S/c1-14(2,20(3,18)19)13(17)16-12-8-4-7-11-10(12)6-5-9-15-11/h4,7-8,15H,5-6,9H2,1-3H3,(H,16,17). The van der Waals surface area contributed by atoms with Gasteiger partial charge in [0.2, 0.25) is 5.91 Å². The summed E-state index contributed by atoms with van der Waals surface area (Å²) >= 11 is 0. The van der Waals surface area contributed by atoms with Gasteiger partial charge in [-0.2, -0.15) is 0 Å². The summed E-state index contributed by atoms with van der Waals surface area (Å²) in [6, 6.07) is 5.62. The van der Waals surface area contributed by atoms with Gasteiger partial charge < -0.3 is 10.6 Å². The fourth-order valence-electron chi connectivity index (χ4n) is 2.07. The number of rotatable bonds is 3. The molecule has 0 fully saturated rings. The third-order valence-corrected chi connectivity index (χ3v) is 5.86. The van der Waals surface area contributed by atoms with Crippen molar-refractivity contribution in [2.24, 2.45) is 0 Å². The number of benzene rings is 1. The van der Waals surface area contributed by atoms with Crippen molar-refractivity contribution in [2.45, 2.75) is 31.4 Å². The predicted molar refractivity (Wildman–Crippen MR) is 80.8 cm³/mol. The van der Waals surface area contributed by atoms with Crippen LogP contribution in [0.2, 0.25) is 0 Å². The number of hydrogen-bond acceptors (Lipinski definition) is 4. The molecule has 0 bridgehead atoms. The first-order chi connectivity index (χ1) is 9.23. The topological polar surface area (TPSA) is 75.3 Å². The van der Waals surface area contributed by atoms with Crippen LogP contribution in [0.25, 0.3) is 0 Å². The molecular formula is C14H20N2O3S. The highest BCUT2D eigenvalue weighted by Gasteiger charge is 2.38. The van der Waals surface area contributed by atoms with Gasteiger partial charge in [0.05, 0.1) is 0 Å². The van der Waals surface area contributed by atoms with Gasteiger partial charge in [0.1, 0.15) is 4.75 Å². The van der Waals surface area contributed by atoms with Crippen molar-refractivity contribution < 1.29 is 13.2 Å². The zero-order chi connectivity index (χ0) is 15.0. The average Bonchev–Trinajstić information content (AvgIpc) is 2.37. The Labute approximate surface area is 119 Å². The van der Waals surface area contributed by atoms with Crippen LogP contribution in [0, 0.1) is 0 Å². The molecule has 1 aliphatic heterocycles. The summed E-state index contributed by atoms with van der Waals surface area (Å²) in [6.45, 7) is 3.76. The van der Waals surface area contributed by atoms with Gasteiger partial charge in [-0.3, -0.25) is 4.79 Å². The molecule has 110 valence electrons. The number of hydrogen-bond donors (Lipinski definition) is 2. The number of carbonyl (C=O) groups is 1. The molecule has 1 aromatic rings. The monoisotopic (exact) mass is 296 g/mol. The Morgan fingerprint density at radius 3 is 2.70 bits per heavy atom. The van der Waals surface area contributed by atoms with Crippen molar-refractivity contribution in [3.8, 4) is 0 Å². The summed E-state index contributed by atoms with van der Waals surface area (Å²) in [7, 11) is -3.47. The highest BCUT2D eigenvalue weighted by molar-refractivity contribution is 7.92. The van der Waals surface area contributed by atoms with Gasteiger partial charge in [-0.1, -0.05) is 6.07 Å². The van der Waals surface area contributed by atoms with E-state index in [1.807, 2.05) is 18.2 Å². The van der Waals surface area contributed by atoms with Crippen LogP contribution >= 0.6 is 0 Å². The largest absolute Gasteiger partial charge is 0.385 e. The molecule has 1 aliphatic rings. The van der Waals surface area contributed by atoms with Crippen LogP contribution in [0.3, 0.4) is 0 Å². The normalized spacial score (nSPS) is 15.2. The highest BCUT2D eigenvalue weighted by atomic mass is 32.2. The van der Waals surface area contributed by atoms with E-state index >= 15 is 0 Å². The number of anilines is 2. The summed E-state index contributed by atoms with van der Waals surface area (Å²) in [4.78, 5) is 12.3. The van der Waals surface area contributed by atoms with Crippen molar-refractivity contribution in [1.82, 2.24) is 0 Å². The smallest absolute Gasteiger partial charge is 0.245 e. The maximum Gasteiger partial charge on any atom is 0.245 e. The van der Waals surface area contributed by atoms with Crippen LogP contribution in [0.1, 0.15) is 25.8 Å². The van der Waals surface area contributed by atoms with E-state index in [1.165, 1.54) is 13.8 Å². The third-order valence-electron chi connectivity index (χ3n) is 3.82. The quantitative estimate of drug-likeness (QED) is 0.892. The first-order valence-electron chi connectivity index (χ1n) is 6.60. The third kappa shape index (κ3) is 2.65. The lowest BCUT2D eigenvalue weighted by Gasteiger charge is -2.25. The highest BCUT2D eigenvalue weighted by Crippen LogP contribution is 2.30. The molecule has 0 unspecified atom stereocenters. The minimum Gasteiger partial charge on any atom is -0.385 e. The number of amides is 1. The molecule has 0 spiro atoms. The summed E-state index contributed by atoms with van der Waals surface area (Å²) in [5, 5.41) is 6.03. The van der Waals surface area contributed by atoms with Gasteiger partial charge in [0.25, 0.3) is 0 Å². The molecule has 1 aromatic carbocycles. The molecule has 5 nitrogen and oxygen atoms in total. The van der Waals surface area contributed by atoms with Crippen LogP contribution in [-0.4, -0.2) is 31.9 Å². The van der Waals surface area contributed by atoms with Gasteiger partial charge in [-0.25, -0.2) is 8.42 Å². The van der Waals surface area contributed by atoms with Gasteiger partial charge in [-0.15, -0.1) is 0 Å². The molecule has 0 saturated carbocycles. The Morgan fingerprint density at radius 1 is 1.35 bits per heavy atom. The first-order valence-corrected chi connectivity index (χ1v) is 8.49. The van der Waals surface area contributed by atoms with Gasteiger partial charge >= 0.3 is 0 Å². The Balaban J connectivity index is 2.30. The molecule has 0 aromatic heterocycles. The van der Waals surface area contributed by atoms with Crippen LogP contribution in [0.4, 0.5) is 11.4 Å². The lowest BCUT2D eigenvalue weighted by molar-refractivity contribution is -0.117. The maximum atomic E-state index is 12.3. The molecule has 1 amide bonds. The Hall–Kier alpha value is -1.56. The lowest BCUT2D eigenvalue weighted by Crippen LogP contribution is -2.44. The first kappa shape index (κ1) is 14.8. The van der Waals surface area contributed by atoms with Crippen LogP contribution < -0.4 is 10.6 Å². The molecule has 1 heterocycles. The Kier molecular flexibility index (Phi) is 3.77. The van der Waals surface area contributed by atoms with Crippen LogP contribution in [-0.2, 0) is 21.1 Å². The summed E-state index contributed by atoms with van der Waals surface area (Å²) in [5.41, 5.74) is 2.74. The second kappa shape index (κ2) is 5.09. The molecule has 2 N–H and O–H groups in total. The van der Waals surface area contributed by atoms with Gasteiger partial charge in [0.15, 0.2) is 9.84 Å². The molecule has 6 heteroatoms. The molecule has 20 heavy (non-hydrogen) atoms. The van der Waals surface area contributed by atoms with E-state index in [1.54, 1.807) is 0 Å². The van der Waals surface area contributed by atoms with Crippen LogP contribution in [0.5, 0.6) is 0 Å². The number of carbonyl (C=O) groups excluding carboxylic acids is 1. The average molecular weight is 296 g/mol. The molecule has 0 radical (unpaired) electrons. The van der Waals surface area contributed by atoms with Crippen molar-refractivity contribution in [3.05, 3.63) is 23.8 Å². The van der Waals surface area contributed by atoms with E-state index in [9.17, 15) is 13.2 Å². The fraction of sp³-hybridized carbons (Fsp3) is 0.500. The van der Waals surface area contributed by atoms with Crippen molar-refractivity contribution in [2.75, 3.05) is 23.4 Å². The summed E-state index contributed by atoms with van der Waals surface area (Å²) < 4.78 is 22.0. The second-order valence-electron chi connectivity index (χ2n) is 5.60. The molecule has 0 atom stereocenters. The summed E-state index contributed by atoms with van der Waals surface area (Å²) in [6.07, 6.45) is 2.95. The number of fused-ring (bicyclic) bond motifs is 1. The SMILES string of the molecule is CC(C)(C(=O)Nc1cccc2c1CCCN2)S(C)(=O)=O. The van der Waals surface area contributed by atoms with Crippen molar-refractivity contribution in [3.63, 3.8) is 0 Å². The van der Waals surface area contributed by atoms with E-state index in [-0.39, 0.29) is 0 Å². The molecule has 0 aliphatic carbocycles. The van der Waals surface area contributed by atoms with Crippen LogP contribution in [0.15, 0.2) is 18.2 Å². The molecular weight excluding hydrogens is 276 g/mol. The van der Waals surface area contributed by atoms with Crippen molar-refractivity contribution in [1.29, 1.82) is 0 Å². The predicted octanol–water partition coefficient (Wildman–Crippen LogP) is 1.81.